The lowest BCUT2D eigenvalue weighted by Crippen LogP contribution is -2.25. The van der Waals surface area contributed by atoms with Gasteiger partial charge in [0.25, 0.3) is 5.91 Å². The number of hydrogen-bond acceptors (Lipinski definition) is 5. The molecule has 0 saturated heterocycles. The molecule has 3 aromatic carbocycles. The van der Waals surface area contributed by atoms with Crippen LogP contribution in [0.3, 0.4) is 0 Å². The van der Waals surface area contributed by atoms with Crippen molar-refractivity contribution in [3.63, 3.8) is 0 Å². The van der Waals surface area contributed by atoms with Crippen LogP contribution in [0, 0.1) is 0 Å². The minimum atomic E-state index is -0.242. The Bertz CT molecular complexity index is 1150. The summed E-state index contributed by atoms with van der Waals surface area (Å²) in [6, 6.07) is 27.2. The van der Waals surface area contributed by atoms with Crippen LogP contribution >= 0.6 is 23.4 Å². The molecule has 8 heteroatoms. The molecule has 4 aromatic rings. The smallest absolute Gasteiger partial charge is 0.254 e. The minimum Gasteiger partial charge on any atom is -0.298 e. The number of nitrogens with one attached hydrogen (secondary N) is 1. The number of benzene rings is 3. The van der Waals surface area contributed by atoms with Crippen molar-refractivity contribution in [2.45, 2.75) is 18.3 Å². The van der Waals surface area contributed by atoms with Crippen molar-refractivity contribution in [1.29, 1.82) is 0 Å². The summed E-state index contributed by atoms with van der Waals surface area (Å²) < 4.78 is 2.00. The highest BCUT2D eigenvalue weighted by atomic mass is 35.5. The van der Waals surface area contributed by atoms with E-state index in [0.29, 0.717) is 29.2 Å². The van der Waals surface area contributed by atoms with Gasteiger partial charge in [0.05, 0.1) is 18.9 Å². The average molecular weight is 465 g/mol. The molecule has 0 fully saturated rings. The normalized spacial score (nSPS) is 10.8. The molecule has 0 aliphatic carbocycles. The van der Waals surface area contributed by atoms with E-state index in [1.807, 2.05) is 89.5 Å². The maximum Gasteiger partial charge on any atom is 0.254 e. The van der Waals surface area contributed by atoms with E-state index in [-0.39, 0.29) is 11.7 Å². The van der Waals surface area contributed by atoms with E-state index in [2.05, 4.69) is 15.7 Å². The maximum absolute atomic E-state index is 12.3. The highest BCUT2D eigenvalue weighted by Gasteiger charge is 2.16. The summed E-state index contributed by atoms with van der Waals surface area (Å²) >= 11 is 7.35. The molecule has 0 bridgehead atoms. The van der Waals surface area contributed by atoms with Gasteiger partial charge in [0, 0.05) is 10.6 Å². The van der Waals surface area contributed by atoms with Crippen molar-refractivity contribution in [2.75, 3.05) is 5.75 Å². The number of nitrogens with zero attached hydrogens (tertiary/aromatic N) is 3. The van der Waals surface area contributed by atoms with Gasteiger partial charge in [-0.15, -0.1) is 10.2 Å². The van der Waals surface area contributed by atoms with Crippen LogP contribution in [0.1, 0.15) is 11.1 Å². The molecule has 1 heterocycles. The fourth-order valence-corrected chi connectivity index (χ4v) is 3.90. The van der Waals surface area contributed by atoms with Gasteiger partial charge in [-0.3, -0.25) is 14.2 Å². The van der Waals surface area contributed by atoms with Crippen molar-refractivity contribution in [3.05, 3.63) is 101 Å². The lowest BCUT2D eigenvalue weighted by atomic mass is 10.2. The summed E-state index contributed by atoms with van der Waals surface area (Å²) in [4.78, 5) is 17.6. The third kappa shape index (κ3) is 5.97. The van der Waals surface area contributed by atoms with Crippen molar-refractivity contribution in [2.24, 2.45) is 0 Å². The minimum absolute atomic E-state index is 0.155. The van der Waals surface area contributed by atoms with Crippen molar-refractivity contribution < 1.29 is 9.63 Å². The zero-order chi connectivity index (χ0) is 22.2. The summed E-state index contributed by atoms with van der Waals surface area (Å²) in [5.41, 5.74) is 5.48. The zero-order valence-corrected chi connectivity index (χ0v) is 18.7. The first-order valence-electron chi connectivity index (χ1n) is 9.99. The van der Waals surface area contributed by atoms with E-state index in [9.17, 15) is 4.79 Å². The number of hydroxylamine groups is 1. The molecule has 0 saturated carbocycles. The molecule has 0 atom stereocenters. The molecule has 0 radical (unpaired) electrons. The molecule has 0 aliphatic heterocycles. The van der Waals surface area contributed by atoms with Gasteiger partial charge >= 0.3 is 0 Å². The van der Waals surface area contributed by atoms with Gasteiger partial charge in [-0.2, -0.15) is 0 Å². The second-order valence-corrected chi connectivity index (χ2v) is 8.35. The SMILES string of the molecule is O=C(CSc1nnc(-c2ccc(Cl)cc2)n1Cc1ccccc1)NOCc1ccccc1. The Balaban J connectivity index is 1.44. The Labute approximate surface area is 195 Å². The van der Waals surface area contributed by atoms with Gasteiger partial charge < -0.3 is 0 Å². The van der Waals surface area contributed by atoms with Crippen LogP contribution in [0.15, 0.2) is 90.1 Å². The standard InChI is InChI=1S/C24H21ClN4O2S/c25-21-13-11-20(12-14-21)23-26-27-24(29(23)15-18-7-3-1-4-8-18)32-17-22(30)28-31-16-19-9-5-2-6-10-19/h1-14H,15-17H2,(H,28,30). The van der Waals surface area contributed by atoms with E-state index in [4.69, 9.17) is 16.4 Å². The summed E-state index contributed by atoms with van der Waals surface area (Å²) in [5.74, 6) is 0.629. The fraction of sp³-hybridized carbons (Fsp3) is 0.125. The van der Waals surface area contributed by atoms with E-state index in [0.717, 1.165) is 16.7 Å². The first kappa shape index (κ1) is 22.1. The van der Waals surface area contributed by atoms with E-state index in [1.54, 1.807) is 0 Å². The average Bonchev–Trinajstić information content (AvgIpc) is 3.22. The molecule has 1 amide bonds. The predicted molar refractivity (Wildman–Crippen MR) is 126 cm³/mol. The zero-order valence-electron chi connectivity index (χ0n) is 17.1. The Morgan fingerprint density at radius 3 is 2.25 bits per heavy atom. The number of carbonyl (C=O) groups excluding carboxylic acids is 1. The number of aromatic nitrogens is 3. The van der Waals surface area contributed by atoms with E-state index < -0.39 is 0 Å². The summed E-state index contributed by atoms with van der Waals surface area (Å²) in [6.45, 7) is 0.891. The Hall–Kier alpha value is -3.13. The lowest BCUT2D eigenvalue weighted by Gasteiger charge is -2.11. The quantitative estimate of drug-likeness (QED) is 0.279. The first-order chi connectivity index (χ1) is 15.7. The molecule has 4 rings (SSSR count). The molecule has 0 unspecified atom stereocenters. The molecular formula is C24H21ClN4O2S. The predicted octanol–water partition coefficient (Wildman–Crippen LogP) is 4.99. The van der Waals surface area contributed by atoms with Crippen LogP contribution in [-0.2, 0) is 22.8 Å². The van der Waals surface area contributed by atoms with Gasteiger partial charge in [-0.1, -0.05) is 84.0 Å². The van der Waals surface area contributed by atoms with Crippen LogP contribution in [0.4, 0.5) is 0 Å². The fourth-order valence-electron chi connectivity index (χ4n) is 3.05. The van der Waals surface area contributed by atoms with Gasteiger partial charge in [0.2, 0.25) is 0 Å². The third-order valence-electron chi connectivity index (χ3n) is 4.60. The first-order valence-corrected chi connectivity index (χ1v) is 11.4. The van der Waals surface area contributed by atoms with Crippen molar-refractivity contribution in [1.82, 2.24) is 20.2 Å². The van der Waals surface area contributed by atoms with Crippen LogP contribution in [0.5, 0.6) is 0 Å². The van der Waals surface area contributed by atoms with Gasteiger partial charge in [0.15, 0.2) is 11.0 Å². The number of hydrogen-bond donors (Lipinski definition) is 1. The van der Waals surface area contributed by atoms with Gasteiger partial charge in [-0.05, 0) is 35.4 Å². The van der Waals surface area contributed by atoms with Crippen molar-refractivity contribution >= 4 is 29.3 Å². The summed E-state index contributed by atoms with van der Waals surface area (Å²) in [5, 5.41) is 10.0. The summed E-state index contributed by atoms with van der Waals surface area (Å²) in [7, 11) is 0. The topological polar surface area (TPSA) is 69.0 Å². The largest absolute Gasteiger partial charge is 0.298 e. The van der Waals surface area contributed by atoms with Crippen LogP contribution in [0.2, 0.25) is 5.02 Å². The molecule has 0 spiro atoms. The number of carbonyl (C=O) groups is 1. The molecule has 6 nitrogen and oxygen atoms in total. The molecule has 32 heavy (non-hydrogen) atoms. The number of amides is 1. The third-order valence-corrected chi connectivity index (χ3v) is 5.82. The number of rotatable bonds is 9. The Kier molecular flexibility index (Phi) is 7.55. The highest BCUT2D eigenvalue weighted by Crippen LogP contribution is 2.26. The van der Waals surface area contributed by atoms with Crippen molar-refractivity contribution in [3.8, 4) is 11.4 Å². The molecule has 1 N–H and O–H groups in total. The number of thioether (sulfide) groups is 1. The molecule has 1 aromatic heterocycles. The monoisotopic (exact) mass is 464 g/mol. The second-order valence-electron chi connectivity index (χ2n) is 6.97. The van der Waals surface area contributed by atoms with E-state index >= 15 is 0 Å². The van der Waals surface area contributed by atoms with Gasteiger partial charge in [-0.25, -0.2) is 5.48 Å². The second kappa shape index (κ2) is 10.9. The maximum atomic E-state index is 12.3. The molecule has 0 aliphatic rings. The summed E-state index contributed by atoms with van der Waals surface area (Å²) in [6.07, 6.45) is 0. The van der Waals surface area contributed by atoms with Crippen LogP contribution < -0.4 is 5.48 Å². The van der Waals surface area contributed by atoms with E-state index in [1.165, 1.54) is 11.8 Å². The highest BCUT2D eigenvalue weighted by molar-refractivity contribution is 7.99. The molecule has 162 valence electrons. The molecular weight excluding hydrogens is 444 g/mol. The van der Waals surface area contributed by atoms with Crippen LogP contribution in [0.25, 0.3) is 11.4 Å². The van der Waals surface area contributed by atoms with Gasteiger partial charge in [0.1, 0.15) is 0 Å². The lowest BCUT2D eigenvalue weighted by molar-refractivity contribution is -0.131. The Morgan fingerprint density at radius 2 is 1.56 bits per heavy atom. The number of halogens is 1. The van der Waals surface area contributed by atoms with Crippen LogP contribution in [-0.4, -0.2) is 26.4 Å². The Morgan fingerprint density at radius 1 is 0.906 bits per heavy atom.